The number of aromatic nitrogens is 2. The predicted molar refractivity (Wildman–Crippen MR) is 85.2 cm³/mol. The first-order chi connectivity index (χ1) is 10.3. The third kappa shape index (κ3) is 3.81. The predicted octanol–water partition coefficient (Wildman–Crippen LogP) is 2.78. The minimum atomic E-state index is 0.464. The number of ether oxygens (including phenoxy) is 1. The highest BCUT2D eigenvalue weighted by molar-refractivity contribution is 7.09. The summed E-state index contributed by atoms with van der Waals surface area (Å²) >= 11 is 1.82. The molecule has 3 rings (SSSR count). The summed E-state index contributed by atoms with van der Waals surface area (Å²) in [6, 6.07) is 6.44. The molecule has 21 heavy (non-hydrogen) atoms. The second kappa shape index (κ2) is 7.02. The third-order valence-electron chi connectivity index (χ3n) is 3.69. The van der Waals surface area contributed by atoms with Crippen LogP contribution in [-0.4, -0.2) is 34.4 Å². The lowest BCUT2D eigenvalue weighted by Gasteiger charge is -2.23. The van der Waals surface area contributed by atoms with E-state index in [0.717, 1.165) is 32.8 Å². The van der Waals surface area contributed by atoms with Crippen LogP contribution in [0.5, 0.6) is 0 Å². The van der Waals surface area contributed by atoms with Crippen LogP contribution in [0.25, 0.3) is 0 Å². The van der Waals surface area contributed by atoms with Crippen molar-refractivity contribution in [2.75, 3.05) is 19.8 Å². The topological polar surface area (TPSA) is 30.3 Å². The van der Waals surface area contributed by atoms with E-state index in [1.807, 2.05) is 17.5 Å². The highest BCUT2D eigenvalue weighted by Gasteiger charge is 2.22. The molecule has 0 spiro atoms. The molecule has 0 unspecified atom stereocenters. The van der Waals surface area contributed by atoms with Crippen LogP contribution in [0.15, 0.2) is 42.4 Å². The molecule has 0 bridgehead atoms. The zero-order valence-electron chi connectivity index (χ0n) is 12.1. The Balaban J connectivity index is 1.69. The fraction of sp³-hybridized carbons (Fsp3) is 0.438. The molecule has 1 aliphatic heterocycles. The van der Waals surface area contributed by atoms with Gasteiger partial charge in [-0.25, -0.2) is 0 Å². The summed E-state index contributed by atoms with van der Waals surface area (Å²) in [4.78, 5) is 3.91. The van der Waals surface area contributed by atoms with Crippen molar-refractivity contribution in [3.63, 3.8) is 0 Å². The SMILES string of the molecule is C=CCOC[C@@H]1CN(Cc2cccs2)Cc2ccnn2C1. The molecule has 0 amide bonds. The molecule has 0 fully saturated rings. The van der Waals surface area contributed by atoms with Crippen LogP contribution in [-0.2, 0) is 24.4 Å². The Labute approximate surface area is 129 Å². The molecule has 1 aliphatic rings. The number of hydrogen-bond donors (Lipinski definition) is 0. The van der Waals surface area contributed by atoms with Crippen LogP contribution < -0.4 is 0 Å². The lowest BCUT2D eigenvalue weighted by atomic mass is 10.1. The molecule has 3 heterocycles. The highest BCUT2D eigenvalue weighted by atomic mass is 32.1. The van der Waals surface area contributed by atoms with Gasteiger partial charge in [0.05, 0.1) is 18.9 Å². The summed E-state index contributed by atoms with van der Waals surface area (Å²) in [5.74, 6) is 0.464. The van der Waals surface area contributed by atoms with E-state index in [-0.39, 0.29) is 0 Å². The van der Waals surface area contributed by atoms with E-state index in [1.54, 1.807) is 6.08 Å². The maximum Gasteiger partial charge on any atom is 0.0645 e. The second-order valence-corrected chi connectivity index (χ2v) is 6.48. The molecule has 0 aliphatic carbocycles. The molecular formula is C16H21N3OS. The molecule has 2 aromatic rings. The Morgan fingerprint density at radius 3 is 3.19 bits per heavy atom. The van der Waals surface area contributed by atoms with Crippen LogP contribution in [0, 0.1) is 5.92 Å². The quantitative estimate of drug-likeness (QED) is 0.607. The van der Waals surface area contributed by atoms with E-state index in [2.05, 4.69) is 44.8 Å². The van der Waals surface area contributed by atoms with Gasteiger partial charge in [-0.2, -0.15) is 5.10 Å². The van der Waals surface area contributed by atoms with Gasteiger partial charge in [0, 0.05) is 43.2 Å². The summed E-state index contributed by atoms with van der Waals surface area (Å²) in [6.45, 7) is 9.00. The summed E-state index contributed by atoms with van der Waals surface area (Å²) < 4.78 is 7.79. The molecule has 0 radical (unpaired) electrons. The van der Waals surface area contributed by atoms with Gasteiger partial charge in [-0.05, 0) is 17.5 Å². The van der Waals surface area contributed by atoms with Gasteiger partial charge in [-0.1, -0.05) is 12.1 Å². The van der Waals surface area contributed by atoms with Gasteiger partial charge in [0.25, 0.3) is 0 Å². The number of nitrogens with zero attached hydrogens (tertiary/aromatic N) is 3. The average molecular weight is 303 g/mol. The van der Waals surface area contributed by atoms with Crippen molar-refractivity contribution < 1.29 is 4.74 Å². The Kier molecular flexibility index (Phi) is 4.85. The molecule has 0 saturated carbocycles. The van der Waals surface area contributed by atoms with Crippen LogP contribution in [0.1, 0.15) is 10.6 Å². The van der Waals surface area contributed by atoms with E-state index in [4.69, 9.17) is 4.74 Å². The normalized spacial score (nSPS) is 19.1. The van der Waals surface area contributed by atoms with Crippen molar-refractivity contribution in [3.05, 3.63) is 53.0 Å². The molecule has 112 valence electrons. The Hall–Kier alpha value is -1.43. The standard InChI is InChI=1S/C16H21N3OS/c1-2-7-20-13-14-9-18(12-16-4-3-8-21-16)11-15-5-6-17-19(15)10-14/h2-6,8,14H,1,7,9-13H2/t14-/m1/s1. The minimum Gasteiger partial charge on any atom is -0.377 e. The summed E-state index contributed by atoms with van der Waals surface area (Å²) in [5.41, 5.74) is 1.29. The largest absolute Gasteiger partial charge is 0.377 e. The van der Waals surface area contributed by atoms with E-state index in [9.17, 15) is 0 Å². The summed E-state index contributed by atoms with van der Waals surface area (Å²) in [7, 11) is 0. The van der Waals surface area contributed by atoms with E-state index >= 15 is 0 Å². The number of hydrogen-bond acceptors (Lipinski definition) is 4. The van der Waals surface area contributed by atoms with Crippen molar-refractivity contribution in [1.29, 1.82) is 0 Å². The van der Waals surface area contributed by atoms with Gasteiger partial charge >= 0.3 is 0 Å². The van der Waals surface area contributed by atoms with Crippen LogP contribution in [0.4, 0.5) is 0 Å². The van der Waals surface area contributed by atoms with Gasteiger partial charge in [0.2, 0.25) is 0 Å². The maximum absolute atomic E-state index is 5.67. The number of thiophene rings is 1. The molecule has 4 nitrogen and oxygen atoms in total. The van der Waals surface area contributed by atoms with Gasteiger partial charge in [0.1, 0.15) is 0 Å². The van der Waals surface area contributed by atoms with Gasteiger partial charge in [-0.15, -0.1) is 17.9 Å². The highest BCUT2D eigenvalue weighted by Crippen LogP contribution is 2.20. The minimum absolute atomic E-state index is 0.464. The van der Waals surface area contributed by atoms with Crippen LogP contribution >= 0.6 is 11.3 Å². The smallest absolute Gasteiger partial charge is 0.0645 e. The Morgan fingerprint density at radius 2 is 2.38 bits per heavy atom. The van der Waals surface area contributed by atoms with E-state index in [1.165, 1.54) is 10.6 Å². The molecular weight excluding hydrogens is 282 g/mol. The Morgan fingerprint density at radius 1 is 1.43 bits per heavy atom. The molecule has 2 aromatic heterocycles. The summed E-state index contributed by atoms with van der Waals surface area (Å²) in [6.07, 6.45) is 3.70. The van der Waals surface area contributed by atoms with Crippen molar-refractivity contribution in [2.24, 2.45) is 5.92 Å². The fourth-order valence-electron chi connectivity index (χ4n) is 2.79. The third-order valence-corrected chi connectivity index (χ3v) is 4.55. The molecule has 0 aromatic carbocycles. The van der Waals surface area contributed by atoms with Gasteiger partial charge < -0.3 is 4.74 Å². The van der Waals surface area contributed by atoms with E-state index in [0.29, 0.717) is 12.5 Å². The van der Waals surface area contributed by atoms with Crippen molar-refractivity contribution >= 4 is 11.3 Å². The summed E-state index contributed by atoms with van der Waals surface area (Å²) in [5, 5.41) is 6.58. The first kappa shape index (κ1) is 14.5. The fourth-order valence-corrected chi connectivity index (χ4v) is 3.53. The Bertz CT molecular complexity index is 564. The maximum atomic E-state index is 5.67. The molecule has 0 saturated heterocycles. The van der Waals surface area contributed by atoms with Crippen molar-refractivity contribution in [1.82, 2.24) is 14.7 Å². The van der Waals surface area contributed by atoms with Crippen molar-refractivity contribution in [2.45, 2.75) is 19.6 Å². The zero-order chi connectivity index (χ0) is 14.5. The first-order valence-corrected chi connectivity index (χ1v) is 8.17. The molecule has 5 heteroatoms. The van der Waals surface area contributed by atoms with Gasteiger partial charge in [0.15, 0.2) is 0 Å². The van der Waals surface area contributed by atoms with Crippen LogP contribution in [0.2, 0.25) is 0 Å². The van der Waals surface area contributed by atoms with E-state index < -0.39 is 0 Å². The van der Waals surface area contributed by atoms with Crippen molar-refractivity contribution in [3.8, 4) is 0 Å². The van der Waals surface area contributed by atoms with Crippen LogP contribution in [0.3, 0.4) is 0 Å². The lowest BCUT2D eigenvalue weighted by molar-refractivity contribution is 0.0935. The zero-order valence-corrected chi connectivity index (χ0v) is 13.0. The molecule has 0 N–H and O–H groups in total. The van der Waals surface area contributed by atoms with Gasteiger partial charge in [-0.3, -0.25) is 9.58 Å². The monoisotopic (exact) mass is 303 g/mol. The average Bonchev–Trinajstić information content (AvgIpc) is 3.09. The lowest BCUT2D eigenvalue weighted by Crippen LogP contribution is -2.29. The number of rotatable bonds is 6. The molecule has 1 atom stereocenters. The number of fused-ring (bicyclic) bond motifs is 1. The first-order valence-electron chi connectivity index (χ1n) is 7.29. The second-order valence-electron chi connectivity index (χ2n) is 5.45.